The summed E-state index contributed by atoms with van der Waals surface area (Å²) in [6.45, 7) is 2.75. The summed E-state index contributed by atoms with van der Waals surface area (Å²) in [5, 5.41) is 5.33. The van der Waals surface area contributed by atoms with Gasteiger partial charge in [-0.05, 0) is 60.1 Å². The Bertz CT molecular complexity index is 909. The fourth-order valence-electron chi connectivity index (χ4n) is 3.34. The normalized spacial score (nSPS) is 12.1. The number of anilines is 1. The number of carbonyl (C=O) groups excluding carboxylic acids is 1. The molecule has 0 aromatic heterocycles. The fourth-order valence-corrected chi connectivity index (χ4v) is 3.34. The predicted molar refractivity (Wildman–Crippen MR) is 111 cm³/mol. The number of hydrogen-bond donors (Lipinski definition) is 1. The molecule has 3 aromatic carbocycles. The molecule has 0 radical (unpaired) electrons. The van der Waals surface area contributed by atoms with Gasteiger partial charge in [0.05, 0.1) is 13.2 Å². The van der Waals surface area contributed by atoms with Crippen LogP contribution in [0.15, 0.2) is 66.7 Å². The molecule has 0 bridgehead atoms. The standard InChI is InChI=1S/C23H26N2O2/c1-4-22(23(26)24-20-8-6-5-7-9-20)25(2)16-17-10-11-19-15-21(27-3)13-12-18(19)14-17/h5-15,22H,4,16H2,1-3H3,(H,24,26)/t22-/m1/s1. The van der Waals surface area contributed by atoms with Gasteiger partial charge in [-0.25, -0.2) is 0 Å². The minimum absolute atomic E-state index is 0.0247. The first-order valence-corrected chi connectivity index (χ1v) is 9.23. The lowest BCUT2D eigenvalue weighted by atomic mass is 10.1. The molecule has 3 aromatic rings. The number of para-hydroxylation sites is 1. The molecule has 0 heterocycles. The number of carbonyl (C=O) groups is 1. The summed E-state index contributed by atoms with van der Waals surface area (Å²) in [5.41, 5.74) is 2.01. The van der Waals surface area contributed by atoms with Gasteiger partial charge < -0.3 is 10.1 Å². The average Bonchev–Trinajstić information content (AvgIpc) is 2.68. The van der Waals surface area contributed by atoms with Gasteiger partial charge in [-0.3, -0.25) is 9.69 Å². The third kappa shape index (κ3) is 4.66. The number of hydrogen-bond acceptors (Lipinski definition) is 3. The van der Waals surface area contributed by atoms with E-state index in [0.29, 0.717) is 6.54 Å². The van der Waals surface area contributed by atoms with Crippen LogP contribution < -0.4 is 10.1 Å². The first-order valence-electron chi connectivity index (χ1n) is 9.23. The van der Waals surface area contributed by atoms with Gasteiger partial charge in [-0.15, -0.1) is 0 Å². The highest BCUT2D eigenvalue weighted by molar-refractivity contribution is 5.94. The van der Waals surface area contributed by atoms with Crippen molar-refractivity contribution < 1.29 is 9.53 Å². The van der Waals surface area contributed by atoms with E-state index in [4.69, 9.17) is 4.74 Å². The summed E-state index contributed by atoms with van der Waals surface area (Å²) >= 11 is 0. The lowest BCUT2D eigenvalue weighted by Gasteiger charge is -2.26. The summed E-state index contributed by atoms with van der Waals surface area (Å²) < 4.78 is 5.29. The smallest absolute Gasteiger partial charge is 0.241 e. The first-order chi connectivity index (χ1) is 13.1. The van der Waals surface area contributed by atoms with Crippen LogP contribution in [-0.2, 0) is 11.3 Å². The molecule has 0 spiro atoms. The number of ether oxygens (including phenoxy) is 1. The highest BCUT2D eigenvalue weighted by Crippen LogP contribution is 2.23. The van der Waals surface area contributed by atoms with Crippen molar-refractivity contribution in [3.05, 3.63) is 72.3 Å². The van der Waals surface area contributed by atoms with Crippen LogP contribution in [0.4, 0.5) is 5.69 Å². The van der Waals surface area contributed by atoms with Crippen LogP contribution in [0.3, 0.4) is 0 Å². The maximum atomic E-state index is 12.7. The van der Waals surface area contributed by atoms with Crippen molar-refractivity contribution in [1.82, 2.24) is 4.90 Å². The van der Waals surface area contributed by atoms with Gasteiger partial charge in [0.15, 0.2) is 0 Å². The number of fused-ring (bicyclic) bond motifs is 1. The number of rotatable bonds is 7. The van der Waals surface area contributed by atoms with E-state index in [2.05, 4.69) is 34.5 Å². The Kier molecular flexibility index (Phi) is 6.09. The molecule has 0 fully saturated rings. The maximum Gasteiger partial charge on any atom is 0.241 e. The summed E-state index contributed by atoms with van der Waals surface area (Å²) in [6, 6.07) is 21.9. The minimum atomic E-state index is -0.184. The van der Waals surface area contributed by atoms with Gasteiger partial charge >= 0.3 is 0 Å². The maximum absolute atomic E-state index is 12.7. The van der Waals surface area contributed by atoms with Crippen LogP contribution in [0, 0.1) is 0 Å². The van der Waals surface area contributed by atoms with Crippen LogP contribution in [0.5, 0.6) is 5.75 Å². The zero-order chi connectivity index (χ0) is 19.2. The van der Waals surface area contributed by atoms with Gasteiger partial charge in [0, 0.05) is 12.2 Å². The van der Waals surface area contributed by atoms with E-state index in [-0.39, 0.29) is 11.9 Å². The lowest BCUT2D eigenvalue weighted by molar-refractivity contribution is -0.121. The van der Waals surface area contributed by atoms with Crippen LogP contribution in [0.1, 0.15) is 18.9 Å². The third-order valence-corrected chi connectivity index (χ3v) is 4.81. The number of benzene rings is 3. The topological polar surface area (TPSA) is 41.6 Å². The zero-order valence-corrected chi connectivity index (χ0v) is 16.1. The molecule has 0 unspecified atom stereocenters. The summed E-state index contributed by atoms with van der Waals surface area (Å²) in [6.07, 6.45) is 0.750. The summed E-state index contributed by atoms with van der Waals surface area (Å²) in [5.74, 6) is 0.882. The average molecular weight is 362 g/mol. The van der Waals surface area contributed by atoms with Crippen molar-refractivity contribution in [3.8, 4) is 5.75 Å². The molecule has 1 amide bonds. The quantitative estimate of drug-likeness (QED) is 0.662. The molecule has 4 heteroatoms. The van der Waals surface area contributed by atoms with Gasteiger partial charge in [0.25, 0.3) is 0 Å². The minimum Gasteiger partial charge on any atom is -0.497 e. The predicted octanol–water partition coefficient (Wildman–Crippen LogP) is 4.70. The number of methoxy groups -OCH3 is 1. The van der Waals surface area contributed by atoms with Gasteiger partial charge in [-0.2, -0.15) is 0 Å². The third-order valence-electron chi connectivity index (χ3n) is 4.81. The molecule has 27 heavy (non-hydrogen) atoms. The van der Waals surface area contributed by atoms with Crippen molar-refractivity contribution in [3.63, 3.8) is 0 Å². The number of nitrogens with one attached hydrogen (secondary N) is 1. The second kappa shape index (κ2) is 8.69. The Morgan fingerprint density at radius 1 is 1.04 bits per heavy atom. The van der Waals surface area contributed by atoms with E-state index in [1.165, 1.54) is 10.9 Å². The molecule has 4 nitrogen and oxygen atoms in total. The number of amides is 1. The molecule has 0 saturated carbocycles. The Morgan fingerprint density at radius 2 is 1.74 bits per heavy atom. The van der Waals surface area contributed by atoms with Crippen LogP contribution in [0.2, 0.25) is 0 Å². The van der Waals surface area contributed by atoms with E-state index >= 15 is 0 Å². The summed E-state index contributed by atoms with van der Waals surface area (Å²) in [7, 11) is 3.67. The number of nitrogens with zero attached hydrogens (tertiary/aromatic N) is 1. The SMILES string of the molecule is CC[C@H](C(=O)Nc1ccccc1)N(C)Cc1ccc2cc(OC)ccc2c1. The Morgan fingerprint density at radius 3 is 2.44 bits per heavy atom. The van der Waals surface area contributed by atoms with Crippen molar-refractivity contribution in [2.75, 3.05) is 19.5 Å². The van der Waals surface area contributed by atoms with Crippen molar-refractivity contribution >= 4 is 22.4 Å². The largest absolute Gasteiger partial charge is 0.497 e. The Balaban J connectivity index is 1.71. The van der Waals surface area contributed by atoms with Crippen molar-refractivity contribution in [2.24, 2.45) is 0 Å². The van der Waals surface area contributed by atoms with E-state index in [9.17, 15) is 4.79 Å². The molecule has 0 aliphatic heterocycles. The molecule has 0 aliphatic rings. The highest BCUT2D eigenvalue weighted by atomic mass is 16.5. The molecule has 0 saturated heterocycles. The van der Waals surface area contributed by atoms with Gasteiger partial charge in [-0.1, -0.05) is 43.3 Å². The monoisotopic (exact) mass is 362 g/mol. The molecule has 1 atom stereocenters. The molecule has 1 N–H and O–H groups in total. The van der Waals surface area contributed by atoms with Crippen LogP contribution in [0.25, 0.3) is 10.8 Å². The summed E-state index contributed by atoms with van der Waals surface area (Å²) in [4.78, 5) is 14.8. The first kappa shape index (κ1) is 18.9. The van der Waals surface area contributed by atoms with Crippen LogP contribution in [-0.4, -0.2) is 31.0 Å². The molecular formula is C23H26N2O2. The second-order valence-electron chi connectivity index (χ2n) is 6.74. The highest BCUT2D eigenvalue weighted by Gasteiger charge is 2.21. The van der Waals surface area contributed by atoms with E-state index < -0.39 is 0 Å². The molecular weight excluding hydrogens is 336 g/mol. The van der Waals surface area contributed by atoms with Gasteiger partial charge in [0.2, 0.25) is 5.91 Å². The van der Waals surface area contributed by atoms with E-state index in [0.717, 1.165) is 23.2 Å². The molecule has 0 aliphatic carbocycles. The van der Waals surface area contributed by atoms with Gasteiger partial charge in [0.1, 0.15) is 5.75 Å². The van der Waals surface area contributed by atoms with E-state index in [1.54, 1.807) is 7.11 Å². The number of likely N-dealkylation sites (N-methyl/N-ethyl adjacent to an activating group) is 1. The molecule has 140 valence electrons. The second-order valence-corrected chi connectivity index (χ2v) is 6.74. The van der Waals surface area contributed by atoms with Crippen molar-refractivity contribution in [2.45, 2.75) is 25.9 Å². The lowest BCUT2D eigenvalue weighted by Crippen LogP contribution is -2.41. The fraction of sp³-hybridized carbons (Fsp3) is 0.261. The zero-order valence-electron chi connectivity index (χ0n) is 16.1. The van der Waals surface area contributed by atoms with E-state index in [1.807, 2.05) is 56.4 Å². The van der Waals surface area contributed by atoms with Crippen molar-refractivity contribution in [1.29, 1.82) is 0 Å². The van der Waals surface area contributed by atoms with Crippen LogP contribution >= 0.6 is 0 Å². The molecule has 3 rings (SSSR count). The Hall–Kier alpha value is -2.85. The Labute approximate surface area is 160 Å².